The van der Waals surface area contributed by atoms with Crippen molar-refractivity contribution in [2.45, 2.75) is 6.04 Å². The van der Waals surface area contributed by atoms with Crippen LogP contribution in [0.3, 0.4) is 0 Å². The fraction of sp³-hybridized carbons (Fsp3) is 0.231. The minimum Gasteiger partial charge on any atom is -0.496 e. The van der Waals surface area contributed by atoms with Crippen molar-refractivity contribution >= 4 is 0 Å². The highest BCUT2D eigenvalue weighted by atomic mass is 16.5. The van der Waals surface area contributed by atoms with Crippen LogP contribution >= 0.6 is 0 Å². The minimum absolute atomic E-state index is 0.391. The van der Waals surface area contributed by atoms with E-state index in [4.69, 9.17) is 15.2 Å². The van der Waals surface area contributed by atoms with Crippen LogP contribution in [0.1, 0.15) is 17.2 Å². The molecule has 5 nitrogen and oxygen atoms in total. The highest BCUT2D eigenvalue weighted by molar-refractivity contribution is 5.49. The smallest absolute Gasteiger partial charge is 0.127 e. The first-order chi connectivity index (χ1) is 8.77. The first-order valence-electron chi connectivity index (χ1n) is 5.49. The van der Waals surface area contributed by atoms with E-state index in [0.717, 1.165) is 11.1 Å². The van der Waals surface area contributed by atoms with Crippen LogP contribution in [0.5, 0.6) is 11.5 Å². The summed E-state index contributed by atoms with van der Waals surface area (Å²) in [5, 5.41) is 0. The summed E-state index contributed by atoms with van der Waals surface area (Å²) in [5.74, 6) is 1.37. The summed E-state index contributed by atoms with van der Waals surface area (Å²) < 4.78 is 10.7. The minimum atomic E-state index is -0.391. The second kappa shape index (κ2) is 5.46. The molecule has 2 rings (SSSR count). The van der Waals surface area contributed by atoms with Crippen molar-refractivity contribution in [2.24, 2.45) is 5.73 Å². The van der Waals surface area contributed by atoms with E-state index in [1.807, 2.05) is 18.2 Å². The van der Waals surface area contributed by atoms with Gasteiger partial charge < -0.3 is 15.2 Å². The molecule has 1 atom stereocenters. The lowest BCUT2D eigenvalue weighted by Crippen LogP contribution is -2.15. The Morgan fingerprint density at radius 1 is 1.06 bits per heavy atom. The average molecular weight is 245 g/mol. The summed E-state index contributed by atoms with van der Waals surface area (Å²) in [6.07, 6.45) is 4.84. The van der Waals surface area contributed by atoms with Crippen LogP contribution in [-0.4, -0.2) is 24.2 Å². The molecule has 0 amide bonds. The first kappa shape index (κ1) is 12.3. The van der Waals surface area contributed by atoms with Crippen LogP contribution < -0.4 is 15.2 Å². The maximum absolute atomic E-state index is 6.23. The van der Waals surface area contributed by atoms with Gasteiger partial charge >= 0.3 is 0 Å². The van der Waals surface area contributed by atoms with E-state index in [0.29, 0.717) is 11.5 Å². The van der Waals surface area contributed by atoms with Gasteiger partial charge in [-0.3, -0.25) is 0 Å². The van der Waals surface area contributed by atoms with Gasteiger partial charge in [0.25, 0.3) is 0 Å². The molecule has 0 aliphatic rings. The van der Waals surface area contributed by atoms with Crippen molar-refractivity contribution in [3.05, 3.63) is 48.0 Å². The predicted octanol–water partition coefficient (Wildman–Crippen LogP) is 1.54. The molecule has 1 aromatic carbocycles. The van der Waals surface area contributed by atoms with E-state index in [1.165, 1.54) is 6.33 Å². The van der Waals surface area contributed by atoms with Crippen LogP contribution in [0, 0.1) is 0 Å². The quantitative estimate of drug-likeness (QED) is 0.884. The molecular formula is C13H15N3O2. The average Bonchev–Trinajstić information content (AvgIpc) is 2.46. The summed E-state index contributed by atoms with van der Waals surface area (Å²) in [5.41, 5.74) is 7.82. The van der Waals surface area contributed by atoms with Crippen LogP contribution in [-0.2, 0) is 0 Å². The SMILES string of the molecule is COc1cccc(OC)c1C(N)c1cncnc1. The van der Waals surface area contributed by atoms with Gasteiger partial charge in [0.15, 0.2) is 0 Å². The monoisotopic (exact) mass is 245 g/mol. The van der Waals surface area contributed by atoms with E-state index in [-0.39, 0.29) is 0 Å². The second-order valence-corrected chi connectivity index (χ2v) is 3.73. The zero-order chi connectivity index (χ0) is 13.0. The molecule has 0 spiro atoms. The molecule has 0 saturated heterocycles. The number of benzene rings is 1. The Morgan fingerprint density at radius 3 is 2.11 bits per heavy atom. The van der Waals surface area contributed by atoms with Crippen LogP contribution in [0.4, 0.5) is 0 Å². The fourth-order valence-electron chi connectivity index (χ4n) is 1.82. The Kier molecular flexibility index (Phi) is 3.74. The van der Waals surface area contributed by atoms with E-state index in [2.05, 4.69) is 9.97 Å². The molecule has 18 heavy (non-hydrogen) atoms. The van der Waals surface area contributed by atoms with Gasteiger partial charge in [0.2, 0.25) is 0 Å². The summed E-state index contributed by atoms with van der Waals surface area (Å²) >= 11 is 0. The zero-order valence-corrected chi connectivity index (χ0v) is 10.3. The number of methoxy groups -OCH3 is 2. The summed E-state index contributed by atoms with van der Waals surface area (Å²) in [7, 11) is 3.21. The molecule has 1 aromatic heterocycles. The van der Waals surface area contributed by atoms with Crippen LogP contribution in [0.25, 0.3) is 0 Å². The fourth-order valence-corrected chi connectivity index (χ4v) is 1.82. The highest BCUT2D eigenvalue weighted by Gasteiger charge is 2.19. The van der Waals surface area contributed by atoms with Gasteiger partial charge in [-0.05, 0) is 12.1 Å². The zero-order valence-electron chi connectivity index (χ0n) is 10.3. The predicted molar refractivity (Wildman–Crippen MR) is 67.6 cm³/mol. The standard InChI is InChI=1S/C13H15N3O2/c1-17-10-4-3-5-11(18-2)12(10)13(14)9-6-15-8-16-7-9/h3-8,13H,14H2,1-2H3. The number of hydrogen-bond donors (Lipinski definition) is 1. The summed E-state index contributed by atoms with van der Waals surface area (Å²) in [4.78, 5) is 7.94. The Morgan fingerprint density at radius 2 is 1.61 bits per heavy atom. The van der Waals surface area contributed by atoms with Gasteiger partial charge in [0.1, 0.15) is 17.8 Å². The Labute approximate surface area is 106 Å². The van der Waals surface area contributed by atoms with Gasteiger partial charge in [0.05, 0.1) is 25.8 Å². The van der Waals surface area contributed by atoms with Crippen LogP contribution in [0.15, 0.2) is 36.9 Å². The number of aromatic nitrogens is 2. The van der Waals surface area contributed by atoms with E-state index >= 15 is 0 Å². The molecule has 94 valence electrons. The number of ether oxygens (including phenoxy) is 2. The topological polar surface area (TPSA) is 70.3 Å². The molecule has 0 bridgehead atoms. The van der Waals surface area contributed by atoms with Crippen molar-refractivity contribution in [3.63, 3.8) is 0 Å². The van der Waals surface area contributed by atoms with Crippen molar-refractivity contribution in [1.29, 1.82) is 0 Å². The lowest BCUT2D eigenvalue weighted by Gasteiger charge is -2.18. The lowest BCUT2D eigenvalue weighted by molar-refractivity contribution is 0.382. The Balaban J connectivity index is 2.49. The summed E-state index contributed by atoms with van der Waals surface area (Å²) in [6, 6.07) is 5.16. The molecule has 0 aliphatic carbocycles. The third-order valence-electron chi connectivity index (χ3n) is 2.72. The highest BCUT2D eigenvalue weighted by Crippen LogP contribution is 2.35. The van der Waals surface area contributed by atoms with Gasteiger partial charge in [-0.1, -0.05) is 6.07 Å². The molecule has 5 heteroatoms. The van der Waals surface area contributed by atoms with Gasteiger partial charge in [-0.25, -0.2) is 9.97 Å². The van der Waals surface area contributed by atoms with Gasteiger partial charge in [0, 0.05) is 18.0 Å². The molecule has 0 fully saturated rings. The van der Waals surface area contributed by atoms with E-state index in [9.17, 15) is 0 Å². The molecule has 2 N–H and O–H groups in total. The first-order valence-corrected chi connectivity index (χ1v) is 5.49. The normalized spacial score (nSPS) is 11.9. The summed E-state index contributed by atoms with van der Waals surface area (Å²) in [6.45, 7) is 0. The Hall–Kier alpha value is -2.14. The third kappa shape index (κ3) is 2.26. The second-order valence-electron chi connectivity index (χ2n) is 3.73. The van der Waals surface area contributed by atoms with Crippen molar-refractivity contribution in [3.8, 4) is 11.5 Å². The number of rotatable bonds is 4. The number of hydrogen-bond acceptors (Lipinski definition) is 5. The molecule has 1 heterocycles. The van der Waals surface area contributed by atoms with Crippen LogP contribution in [0.2, 0.25) is 0 Å². The molecule has 0 aliphatic heterocycles. The Bertz CT molecular complexity index is 495. The maximum atomic E-state index is 6.23. The largest absolute Gasteiger partial charge is 0.496 e. The molecule has 0 radical (unpaired) electrons. The van der Waals surface area contributed by atoms with E-state index in [1.54, 1.807) is 26.6 Å². The number of nitrogens with two attached hydrogens (primary N) is 1. The van der Waals surface area contributed by atoms with Crippen molar-refractivity contribution < 1.29 is 9.47 Å². The van der Waals surface area contributed by atoms with Crippen molar-refractivity contribution in [1.82, 2.24) is 9.97 Å². The number of nitrogens with zero attached hydrogens (tertiary/aromatic N) is 2. The molecule has 2 aromatic rings. The lowest BCUT2D eigenvalue weighted by atomic mass is 10.00. The molecular weight excluding hydrogens is 230 g/mol. The van der Waals surface area contributed by atoms with E-state index < -0.39 is 6.04 Å². The molecule has 1 unspecified atom stereocenters. The van der Waals surface area contributed by atoms with Gasteiger partial charge in [-0.2, -0.15) is 0 Å². The maximum Gasteiger partial charge on any atom is 0.127 e. The third-order valence-corrected chi connectivity index (χ3v) is 2.72. The van der Waals surface area contributed by atoms with Crippen molar-refractivity contribution in [2.75, 3.05) is 14.2 Å². The van der Waals surface area contributed by atoms with Gasteiger partial charge in [-0.15, -0.1) is 0 Å². The molecule has 0 saturated carbocycles.